The Hall–Kier alpha value is 0.943. The normalized spacial score (nSPS) is 8.67. The molecule has 0 aliphatic heterocycles. The van der Waals surface area contributed by atoms with Crippen molar-refractivity contribution in [3.63, 3.8) is 0 Å². The molecule has 0 bridgehead atoms. The van der Waals surface area contributed by atoms with Crippen molar-refractivity contribution in [3.05, 3.63) is 6.10 Å². The van der Waals surface area contributed by atoms with E-state index in [0.717, 1.165) is 6.10 Å². The fourth-order valence-electron chi connectivity index (χ4n) is 0.471. The molecule has 52 valence electrons. The molecule has 0 N–H and O–H groups in total. The number of ether oxygens (including phenoxy) is 1. The Kier molecular flexibility index (Phi) is 16.4. The molecule has 0 aromatic rings. The van der Waals surface area contributed by atoms with Crippen molar-refractivity contribution >= 4 is 34.0 Å². The van der Waals surface area contributed by atoms with Gasteiger partial charge in [0.05, 0.1) is 0 Å². The topological polar surface area (TPSA) is 9.23 Å². The summed E-state index contributed by atoms with van der Waals surface area (Å²) in [6.45, 7) is 7.96. The fraction of sp³-hybridized carbons (Fsp3) is 0.833. The van der Waals surface area contributed by atoms with Gasteiger partial charge in [0.1, 0.15) is 0 Å². The molecule has 0 aliphatic carbocycles. The Balaban J connectivity index is -0.000000180. The van der Waals surface area contributed by atoms with Crippen molar-refractivity contribution in [1.29, 1.82) is 0 Å². The molecular weight excluding hydrogens is 140 g/mol. The van der Waals surface area contributed by atoms with Gasteiger partial charge in [0.2, 0.25) is 0 Å². The predicted molar refractivity (Wildman–Crippen MR) is 46.5 cm³/mol. The van der Waals surface area contributed by atoms with Crippen LogP contribution in [-0.4, -0.2) is 40.1 Å². The Labute approximate surface area is 78.7 Å². The van der Waals surface area contributed by atoms with E-state index in [0.29, 0.717) is 6.10 Å². The summed E-state index contributed by atoms with van der Waals surface area (Å²) in [6.07, 6.45) is 1.38. The second-order valence-electron chi connectivity index (χ2n) is 2.07. The van der Waals surface area contributed by atoms with Crippen LogP contribution in [0.4, 0.5) is 0 Å². The standard InChI is InChI=1S/C6H13O.Mg.H3Si/c1-5(2)7-6(3)4;;/h5H,1-4H3;;1H3/q-1;+2;-1. The molecule has 0 radical (unpaired) electrons. The van der Waals surface area contributed by atoms with Crippen LogP contribution in [-0.2, 0) is 4.74 Å². The molecule has 0 unspecified atom stereocenters. The minimum atomic E-state index is 0. The van der Waals surface area contributed by atoms with E-state index < -0.39 is 0 Å². The van der Waals surface area contributed by atoms with Crippen LogP contribution in [0.25, 0.3) is 0 Å². The van der Waals surface area contributed by atoms with Gasteiger partial charge in [0.15, 0.2) is 0 Å². The third kappa shape index (κ3) is 17.6. The Morgan fingerprint density at radius 2 is 1.56 bits per heavy atom. The van der Waals surface area contributed by atoms with E-state index in [1.807, 2.05) is 27.7 Å². The van der Waals surface area contributed by atoms with Gasteiger partial charge in [-0.2, -0.15) is 13.8 Å². The summed E-state index contributed by atoms with van der Waals surface area (Å²) < 4.78 is 5.17. The molecule has 1 nitrogen and oxygen atoms in total. The SMILES string of the molecule is C[C-](C)OC(C)C.[Mg+2].[SiH3-]. The third-order valence-corrected chi connectivity index (χ3v) is 0.471. The van der Waals surface area contributed by atoms with Crippen molar-refractivity contribution in [2.45, 2.75) is 33.8 Å². The molecule has 0 saturated heterocycles. The quantitative estimate of drug-likeness (QED) is 0.416. The second-order valence-corrected chi connectivity index (χ2v) is 2.07. The van der Waals surface area contributed by atoms with Crippen LogP contribution in [0.5, 0.6) is 0 Å². The summed E-state index contributed by atoms with van der Waals surface area (Å²) >= 11 is 0. The Bertz CT molecular complexity index is 42.3. The van der Waals surface area contributed by atoms with E-state index >= 15 is 0 Å². The molecule has 0 saturated carbocycles. The van der Waals surface area contributed by atoms with Gasteiger partial charge in [0.25, 0.3) is 0 Å². The number of hydrogen-bond acceptors (Lipinski definition) is 1. The molecule has 9 heavy (non-hydrogen) atoms. The van der Waals surface area contributed by atoms with Crippen LogP contribution in [0.15, 0.2) is 0 Å². The van der Waals surface area contributed by atoms with E-state index in [1.54, 1.807) is 0 Å². The summed E-state index contributed by atoms with van der Waals surface area (Å²) in [5.41, 5.74) is 0. The van der Waals surface area contributed by atoms with Gasteiger partial charge in [0, 0.05) is 6.10 Å². The minimum Gasteiger partial charge on any atom is -0.547 e. The molecule has 0 fully saturated rings. The number of rotatable bonds is 2. The van der Waals surface area contributed by atoms with Gasteiger partial charge in [-0.25, -0.2) is 6.10 Å². The molecule has 0 aromatic heterocycles. The molecular formula is C6H16MgOSi. The molecule has 0 heterocycles. The van der Waals surface area contributed by atoms with E-state index in [1.165, 1.54) is 0 Å². The molecule has 0 rings (SSSR count). The van der Waals surface area contributed by atoms with Crippen molar-refractivity contribution in [1.82, 2.24) is 0 Å². The van der Waals surface area contributed by atoms with E-state index in [9.17, 15) is 0 Å². The first-order valence-electron chi connectivity index (χ1n) is 2.59. The zero-order valence-corrected chi connectivity index (χ0v) is 10.6. The van der Waals surface area contributed by atoms with Gasteiger partial charge in [-0.1, -0.05) is 0 Å². The van der Waals surface area contributed by atoms with E-state index in [-0.39, 0.29) is 34.0 Å². The third-order valence-electron chi connectivity index (χ3n) is 0.471. The Morgan fingerprint density at radius 1 is 1.22 bits per heavy atom. The first-order valence-corrected chi connectivity index (χ1v) is 2.59. The van der Waals surface area contributed by atoms with Crippen molar-refractivity contribution in [2.75, 3.05) is 0 Å². The summed E-state index contributed by atoms with van der Waals surface area (Å²) in [4.78, 5) is 0. The first-order chi connectivity index (χ1) is 3.13. The minimum absolute atomic E-state index is 0. The molecule has 0 amide bonds. The molecule has 0 spiro atoms. The Morgan fingerprint density at radius 3 is 1.56 bits per heavy atom. The smallest absolute Gasteiger partial charge is 0.547 e. The van der Waals surface area contributed by atoms with Gasteiger partial charge >= 0.3 is 23.1 Å². The van der Waals surface area contributed by atoms with Crippen molar-refractivity contribution in [2.24, 2.45) is 0 Å². The first kappa shape index (κ1) is 16.5. The van der Waals surface area contributed by atoms with Crippen LogP contribution in [0.2, 0.25) is 0 Å². The van der Waals surface area contributed by atoms with Gasteiger partial charge in [-0.15, -0.1) is 0 Å². The maximum atomic E-state index is 5.17. The van der Waals surface area contributed by atoms with Crippen molar-refractivity contribution < 1.29 is 4.74 Å². The van der Waals surface area contributed by atoms with Crippen LogP contribution in [0.3, 0.4) is 0 Å². The zero-order chi connectivity index (χ0) is 5.86. The average molecular weight is 157 g/mol. The zero-order valence-electron chi connectivity index (χ0n) is 7.19. The van der Waals surface area contributed by atoms with Crippen LogP contribution >= 0.6 is 0 Å². The largest absolute Gasteiger partial charge is 2.00 e. The molecule has 0 aliphatic rings. The summed E-state index contributed by atoms with van der Waals surface area (Å²) in [6, 6.07) is 0. The monoisotopic (exact) mass is 156 g/mol. The molecule has 0 aromatic carbocycles. The summed E-state index contributed by atoms with van der Waals surface area (Å²) in [5.74, 6) is 0. The molecule has 0 atom stereocenters. The molecule has 3 heteroatoms. The van der Waals surface area contributed by atoms with E-state index in [4.69, 9.17) is 4.74 Å². The average Bonchev–Trinajstić information content (AvgIpc) is 1.27. The second kappa shape index (κ2) is 8.94. The van der Waals surface area contributed by atoms with Gasteiger partial charge < -0.3 is 15.7 Å². The summed E-state index contributed by atoms with van der Waals surface area (Å²) in [5, 5.41) is 0. The number of hydrogen-bond donors (Lipinski definition) is 0. The van der Waals surface area contributed by atoms with Gasteiger partial charge in [-0.05, 0) is 13.8 Å². The van der Waals surface area contributed by atoms with Crippen LogP contribution in [0, 0.1) is 6.10 Å². The maximum absolute atomic E-state index is 5.17. The predicted octanol–water partition coefficient (Wildman–Crippen LogP) is 0.418. The fourth-order valence-corrected chi connectivity index (χ4v) is 0.471. The van der Waals surface area contributed by atoms with Gasteiger partial charge in [-0.3, -0.25) is 0 Å². The maximum Gasteiger partial charge on any atom is 2.00 e. The van der Waals surface area contributed by atoms with Crippen molar-refractivity contribution in [3.8, 4) is 0 Å². The van der Waals surface area contributed by atoms with E-state index in [2.05, 4.69) is 0 Å². The summed E-state index contributed by atoms with van der Waals surface area (Å²) in [7, 11) is 0. The van der Waals surface area contributed by atoms with Crippen LogP contribution in [0.1, 0.15) is 27.7 Å². The van der Waals surface area contributed by atoms with Crippen LogP contribution < -0.4 is 0 Å².